The van der Waals surface area contributed by atoms with Gasteiger partial charge in [-0.2, -0.15) is 0 Å². The summed E-state index contributed by atoms with van der Waals surface area (Å²) in [5.74, 6) is 0. The molecule has 3 nitrogen and oxygen atoms in total. The van der Waals surface area contributed by atoms with Crippen molar-refractivity contribution in [3.8, 4) is 0 Å². The number of aliphatic imine (C=N–C) groups is 1. The van der Waals surface area contributed by atoms with E-state index in [1.165, 1.54) is 231 Å². The second-order valence-electron chi connectivity index (χ2n) is 14.3. The number of unbranched alkanes of at least 4 members (excludes halogenated alkanes) is 36. The van der Waals surface area contributed by atoms with E-state index in [-0.39, 0.29) is 0 Å². The summed E-state index contributed by atoms with van der Waals surface area (Å²) in [6, 6.07) is 0. The third kappa shape index (κ3) is 43.6. The van der Waals surface area contributed by atoms with Gasteiger partial charge in [-0.25, -0.2) is 9.79 Å². The van der Waals surface area contributed by atoms with Crippen LogP contribution in [0.2, 0.25) is 0 Å². The van der Waals surface area contributed by atoms with E-state index in [9.17, 15) is 4.79 Å². The zero-order valence-corrected chi connectivity index (χ0v) is 32.5. The van der Waals surface area contributed by atoms with Crippen molar-refractivity contribution in [2.24, 2.45) is 4.99 Å². The standard InChI is InChI=1S/C41H80N2OS2/c44-40-42-38-36-34-32-30-28-26-24-22-20-18-16-14-12-10-8-6-4-2-1-3-5-7-9-11-13-15-17-19-21-23-25-27-29-31-33-35-37-39-43-41(45)46/h1-39H2,(H2,43,45,46). The Morgan fingerprint density at radius 1 is 0.391 bits per heavy atom. The van der Waals surface area contributed by atoms with Crippen LogP contribution in [0.15, 0.2) is 4.99 Å². The van der Waals surface area contributed by atoms with Crippen molar-refractivity contribution in [2.75, 3.05) is 13.1 Å². The summed E-state index contributed by atoms with van der Waals surface area (Å²) < 4.78 is 0.627. The second kappa shape index (κ2) is 42.6. The van der Waals surface area contributed by atoms with Gasteiger partial charge >= 0.3 is 0 Å². The van der Waals surface area contributed by atoms with Gasteiger partial charge in [0.2, 0.25) is 6.08 Å². The van der Waals surface area contributed by atoms with E-state index in [4.69, 9.17) is 12.2 Å². The number of carbonyl (C=O) groups excluding carboxylic acids is 1. The lowest BCUT2D eigenvalue weighted by Gasteiger charge is -2.05. The molecule has 46 heavy (non-hydrogen) atoms. The molecule has 0 aromatic rings. The zero-order chi connectivity index (χ0) is 33.3. The van der Waals surface area contributed by atoms with Crippen molar-refractivity contribution in [1.82, 2.24) is 5.32 Å². The van der Waals surface area contributed by atoms with Gasteiger partial charge in [0, 0.05) is 6.54 Å². The van der Waals surface area contributed by atoms with Gasteiger partial charge in [0.05, 0.1) is 6.54 Å². The maximum atomic E-state index is 10.0. The summed E-state index contributed by atoms with van der Waals surface area (Å²) in [6.45, 7) is 1.65. The van der Waals surface area contributed by atoms with Gasteiger partial charge < -0.3 is 5.32 Å². The molecule has 0 aliphatic heterocycles. The van der Waals surface area contributed by atoms with E-state index in [0.717, 1.165) is 13.0 Å². The van der Waals surface area contributed by atoms with E-state index in [2.05, 4.69) is 22.9 Å². The minimum atomic E-state index is 0.627. The van der Waals surface area contributed by atoms with Crippen LogP contribution in [0.4, 0.5) is 0 Å². The van der Waals surface area contributed by atoms with Crippen molar-refractivity contribution in [2.45, 2.75) is 238 Å². The first-order valence-corrected chi connectivity index (χ1v) is 21.6. The van der Waals surface area contributed by atoms with Crippen molar-refractivity contribution >= 4 is 35.2 Å². The molecule has 0 spiro atoms. The molecule has 0 aromatic heterocycles. The predicted molar refractivity (Wildman–Crippen MR) is 213 cm³/mol. The van der Waals surface area contributed by atoms with Gasteiger partial charge in [0.1, 0.15) is 4.32 Å². The number of hydrogen-bond donors (Lipinski definition) is 2. The molecule has 0 amide bonds. The smallest absolute Gasteiger partial charge is 0.234 e. The Balaban J connectivity index is 3.05. The fraction of sp³-hybridized carbons (Fsp3) is 0.951. The van der Waals surface area contributed by atoms with Crippen LogP contribution in [0, 0.1) is 0 Å². The van der Waals surface area contributed by atoms with E-state index in [1.807, 2.05) is 0 Å². The first-order valence-electron chi connectivity index (χ1n) is 20.8. The number of isocyanates is 1. The molecular formula is C41H80N2OS2. The highest BCUT2D eigenvalue weighted by molar-refractivity contribution is 8.11. The van der Waals surface area contributed by atoms with Crippen LogP contribution in [0.25, 0.3) is 0 Å². The van der Waals surface area contributed by atoms with Crippen molar-refractivity contribution in [3.05, 3.63) is 0 Å². The lowest BCUT2D eigenvalue weighted by atomic mass is 10.0. The van der Waals surface area contributed by atoms with E-state index in [0.29, 0.717) is 10.9 Å². The molecule has 0 saturated heterocycles. The highest BCUT2D eigenvalue weighted by Gasteiger charge is 1.98. The van der Waals surface area contributed by atoms with Crippen LogP contribution in [0.1, 0.15) is 238 Å². The molecule has 0 radical (unpaired) electrons. The first-order chi connectivity index (χ1) is 22.8. The molecule has 0 rings (SSSR count). The third-order valence-corrected chi connectivity index (χ3v) is 10.1. The topological polar surface area (TPSA) is 41.5 Å². The second-order valence-corrected chi connectivity index (χ2v) is 15.4. The SMILES string of the molecule is O=C=NCCCCCCCCCCCCCCCCCCCCCCCCCCCCCCCCCCCCCCCNC(=S)S. The van der Waals surface area contributed by atoms with E-state index in [1.54, 1.807) is 6.08 Å². The summed E-state index contributed by atoms with van der Waals surface area (Å²) in [5, 5.41) is 3.12. The Labute approximate surface area is 299 Å². The molecule has 0 aliphatic rings. The molecule has 0 unspecified atom stereocenters. The Kier molecular flexibility index (Phi) is 42.3. The third-order valence-electron chi connectivity index (χ3n) is 9.79. The Hall–Kier alpha value is -0.380. The Bertz CT molecular complexity index is 598. The minimum Gasteiger partial charge on any atom is -0.371 e. The highest BCUT2D eigenvalue weighted by atomic mass is 32.1. The molecule has 1 N–H and O–H groups in total. The maximum absolute atomic E-state index is 10.0. The van der Waals surface area contributed by atoms with E-state index >= 15 is 0 Å². The van der Waals surface area contributed by atoms with Crippen LogP contribution < -0.4 is 5.32 Å². The quantitative estimate of drug-likeness (QED) is 0.0222. The first kappa shape index (κ1) is 45.6. The van der Waals surface area contributed by atoms with Crippen molar-refractivity contribution < 1.29 is 4.79 Å². The molecule has 0 aromatic carbocycles. The normalized spacial score (nSPS) is 11.2. The van der Waals surface area contributed by atoms with Crippen LogP contribution in [-0.4, -0.2) is 23.5 Å². The summed E-state index contributed by atoms with van der Waals surface area (Å²) in [5.41, 5.74) is 0. The molecule has 0 atom stereocenters. The van der Waals surface area contributed by atoms with Gasteiger partial charge in [-0.15, -0.1) is 12.6 Å². The fourth-order valence-corrected chi connectivity index (χ4v) is 6.96. The number of nitrogens with zero attached hydrogens (tertiary/aromatic N) is 1. The molecular weight excluding hydrogens is 601 g/mol. The predicted octanol–water partition coefficient (Wildman–Crippen LogP) is 14.6. The molecule has 0 saturated carbocycles. The molecule has 0 bridgehead atoms. The number of thiocarbonyl (C=S) groups is 1. The average Bonchev–Trinajstić information content (AvgIpc) is 3.05. The zero-order valence-electron chi connectivity index (χ0n) is 30.8. The summed E-state index contributed by atoms with van der Waals surface area (Å²) in [4.78, 5) is 13.6. The van der Waals surface area contributed by atoms with Crippen molar-refractivity contribution in [3.63, 3.8) is 0 Å². The summed E-state index contributed by atoms with van der Waals surface area (Å²) in [7, 11) is 0. The van der Waals surface area contributed by atoms with Crippen LogP contribution in [0.5, 0.6) is 0 Å². The van der Waals surface area contributed by atoms with Gasteiger partial charge in [-0.3, -0.25) is 0 Å². The summed E-state index contributed by atoms with van der Waals surface area (Å²) >= 11 is 9.00. The number of hydrogen-bond acceptors (Lipinski definition) is 3. The van der Waals surface area contributed by atoms with Crippen molar-refractivity contribution in [1.29, 1.82) is 0 Å². The number of thiol groups is 1. The van der Waals surface area contributed by atoms with Gasteiger partial charge in [-0.05, 0) is 12.8 Å². The van der Waals surface area contributed by atoms with Gasteiger partial charge in [-0.1, -0.05) is 237 Å². The molecule has 0 fully saturated rings. The minimum absolute atomic E-state index is 0.627. The van der Waals surface area contributed by atoms with Gasteiger partial charge in [0.15, 0.2) is 0 Å². The fourth-order valence-electron chi connectivity index (χ4n) is 6.74. The van der Waals surface area contributed by atoms with Crippen LogP contribution >= 0.6 is 24.8 Å². The van der Waals surface area contributed by atoms with Crippen LogP contribution in [-0.2, 0) is 4.79 Å². The van der Waals surface area contributed by atoms with Crippen LogP contribution in [0.3, 0.4) is 0 Å². The summed E-state index contributed by atoms with van der Waals surface area (Å²) in [6.07, 6.45) is 54.0. The number of rotatable bonds is 40. The van der Waals surface area contributed by atoms with Gasteiger partial charge in [0.25, 0.3) is 0 Å². The molecule has 272 valence electrons. The lowest BCUT2D eigenvalue weighted by Crippen LogP contribution is -2.17. The maximum Gasteiger partial charge on any atom is 0.234 e. The monoisotopic (exact) mass is 681 g/mol. The Morgan fingerprint density at radius 3 is 0.783 bits per heavy atom. The average molecular weight is 681 g/mol. The molecule has 0 aliphatic carbocycles. The molecule has 5 heteroatoms. The molecule has 0 heterocycles. The lowest BCUT2D eigenvalue weighted by molar-refractivity contribution is 0.510. The largest absolute Gasteiger partial charge is 0.371 e. The number of nitrogens with one attached hydrogen (secondary N) is 1. The van der Waals surface area contributed by atoms with E-state index < -0.39 is 0 Å². The highest BCUT2D eigenvalue weighted by Crippen LogP contribution is 2.17. The Morgan fingerprint density at radius 2 is 0.587 bits per heavy atom.